The van der Waals surface area contributed by atoms with Gasteiger partial charge in [0, 0.05) is 18.4 Å². The number of methoxy groups -OCH3 is 1. The van der Waals surface area contributed by atoms with Gasteiger partial charge in [0.25, 0.3) is 5.88 Å². The standard InChI is InChI=1S/C21H24N4O3/c1-14-11-15(3-8-19(14)27-2)12-20(26)25-16-4-6-17(7-5-16)28-21-18(13-22)23-9-10-24-21/h3,8-11,16-17H,4-7,12H2,1-2H3,(H,25,26). The number of carbonyl (C=O) groups excluding carboxylic acids is 1. The van der Waals surface area contributed by atoms with Crippen molar-refractivity contribution in [2.45, 2.75) is 51.2 Å². The van der Waals surface area contributed by atoms with Crippen LogP contribution in [-0.2, 0) is 11.2 Å². The summed E-state index contributed by atoms with van der Waals surface area (Å²) in [5.74, 6) is 1.13. The average Bonchev–Trinajstić information content (AvgIpc) is 2.70. The Morgan fingerprint density at radius 3 is 2.68 bits per heavy atom. The van der Waals surface area contributed by atoms with E-state index in [0.717, 1.165) is 42.6 Å². The fourth-order valence-corrected chi connectivity index (χ4v) is 3.49. The van der Waals surface area contributed by atoms with Gasteiger partial charge < -0.3 is 14.8 Å². The third kappa shape index (κ3) is 4.97. The fraction of sp³-hybridized carbons (Fsp3) is 0.429. The Labute approximate surface area is 164 Å². The van der Waals surface area contributed by atoms with Crippen LogP contribution in [0, 0.1) is 18.3 Å². The highest BCUT2D eigenvalue weighted by molar-refractivity contribution is 5.79. The molecule has 1 saturated carbocycles. The molecule has 1 aliphatic rings. The molecule has 3 rings (SSSR count). The van der Waals surface area contributed by atoms with Gasteiger partial charge in [0.1, 0.15) is 17.9 Å². The van der Waals surface area contributed by atoms with Crippen LogP contribution in [0.5, 0.6) is 11.6 Å². The minimum Gasteiger partial charge on any atom is -0.496 e. The van der Waals surface area contributed by atoms with Crippen LogP contribution >= 0.6 is 0 Å². The summed E-state index contributed by atoms with van der Waals surface area (Å²) in [6.07, 6.45) is 6.60. The van der Waals surface area contributed by atoms with Crippen LogP contribution in [0.15, 0.2) is 30.6 Å². The molecular formula is C21H24N4O3. The predicted molar refractivity (Wildman–Crippen MR) is 103 cm³/mol. The fourth-order valence-electron chi connectivity index (χ4n) is 3.49. The van der Waals surface area contributed by atoms with E-state index in [1.165, 1.54) is 12.4 Å². The molecule has 1 aliphatic carbocycles. The highest BCUT2D eigenvalue weighted by atomic mass is 16.5. The number of aryl methyl sites for hydroxylation is 1. The van der Waals surface area contributed by atoms with Gasteiger partial charge in [-0.05, 0) is 49.8 Å². The molecule has 0 unspecified atom stereocenters. The normalized spacial score (nSPS) is 18.8. The third-order valence-electron chi connectivity index (χ3n) is 4.91. The number of nitrogens with zero attached hydrogens (tertiary/aromatic N) is 3. The molecule has 7 nitrogen and oxygen atoms in total. The molecule has 1 N–H and O–H groups in total. The van der Waals surface area contributed by atoms with Crippen molar-refractivity contribution >= 4 is 5.91 Å². The lowest BCUT2D eigenvalue weighted by molar-refractivity contribution is -0.121. The molecular weight excluding hydrogens is 356 g/mol. The van der Waals surface area contributed by atoms with Gasteiger partial charge in [-0.25, -0.2) is 9.97 Å². The molecule has 1 amide bonds. The lowest BCUT2D eigenvalue weighted by atomic mass is 9.92. The molecule has 1 aromatic carbocycles. The lowest BCUT2D eigenvalue weighted by Crippen LogP contribution is -2.40. The summed E-state index contributed by atoms with van der Waals surface area (Å²) in [6.45, 7) is 1.97. The Morgan fingerprint density at radius 1 is 1.25 bits per heavy atom. The van der Waals surface area contributed by atoms with Crippen molar-refractivity contribution < 1.29 is 14.3 Å². The zero-order valence-corrected chi connectivity index (χ0v) is 16.1. The number of amides is 1. The van der Waals surface area contributed by atoms with Gasteiger partial charge in [0.15, 0.2) is 0 Å². The van der Waals surface area contributed by atoms with E-state index in [1.807, 2.05) is 31.2 Å². The van der Waals surface area contributed by atoms with Crippen molar-refractivity contribution in [1.29, 1.82) is 5.26 Å². The van der Waals surface area contributed by atoms with Gasteiger partial charge in [-0.2, -0.15) is 5.26 Å². The number of ether oxygens (including phenoxy) is 2. The first-order valence-corrected chi connectivity index (χ1v) is 9.39. The quantitative estimate of drug-likeness (QED) is 0.828. The van der Waals surface area contributed by atoms with Crippen LogP contribution in [0.3, 0.4) is 0 Å². The molecule has 7 heteroatoms. The monoisotopic (exact) mass is 380 g/mol. The van der Waals surface area contributed by atoms with Crippen LogP contribution in [0.1, 0.15) is 42.5 Å². The summed E-state index contributed by atoms with van der Waals surface area (Å²) >= 11 is 0. The third-order valence-corrected chi connectivity index (χ3v) is 4.91. The molecule has 28 heavy (non-hydrogen) atoms. The largest absolute Gasteiger partial charge is 0.496 e. The molecule has 0 aliphatic heterocycles. The van der Waals surface area contributed by atoms with Crippen LogP contribution < -0.4 is 14.8 Å². The zero-order valence-electron chi connectivity index (χ0n) is 16.1. The highest BCUT2D eigenvalue weighted by Gasteiger charge is 2.25. The topological polar surface area (TPSA) is 97.1 Å². The molecule has 146 valence electrons. The Kier molecular flexibility index (Phi) is 6.43. The highest BCUT2D eigenvalue weighted by Crippen LogP contribution is 2.24. The van der Waals surface area contributed by atoms with Crippen molar-refractivity contribution in [2.75, 3.05) is 7.11 Å². The number of aromatic nitrogens is 2. The first kappa shape index (κ1) is 19.6. The number of hydrogen-bond donors (Lipinski definition) is 1. The maximum Gasteiger partial charge on any atom is 0.251 e. The van der Waals surface area contributed by atoms with Crippen LogP contribution in [-0.4, -0.2) is 35.1 Å². The number of rotatable bonds is 6. The van der Waals surface area contributed by atoms with Crippen molar-refractivity contribution in [1.82, 2.24) is 15.3 Å². The van der Waals surface area contributed by atoms with E-state index < -0.39 is 0 Å². The van der Waals surface area contributed by atoms with E-state index in [4.69, 9.17) is 14.7 Å². The van der Waals surface area contributed by atoms with Crippen molar-refractivity contribution in [3.05, 3.63) is 47.4 Å². The van der Waals surface area contributed by atoms with Crippen LogP contribution in [0.2, 0.25) is 0 Å². The first-order chi connectivity index (χ1) is 13.6. The molecule has 0 spiro atoms. The van der Waals surface area contributed by atoms with Crippen molar-refractivity contribution in [3.8, 4) is 17.7 Å². The molecule has 0 bridgehead atoms. The second-order valence-corrected chi connectivity index (χ2v) is 6.96. The predicted octanol–water partition coefficient (Wildman–Crippen LogP) is 2.71. The van der Waals surface area contributed by atoms with Crippen LogP contribution in [0.25, 0.3) is 0 Å². The van der Waals surface area contributed by atoms with Gasteiger partial charge in [0.2, 0.25) is 11.6 Å². The van der Waals surface area contributed by atoms with Gasteiger partial charge in [-0.15, -0.1) is 0 Å². The van der Waals surface area contributed by atoms with Crippen LogP contribution in [0.4, 0.5) is 0 Å². The first-order valence-electron chi connectivity index (χ1n) is 9.39. The van der Waals surface area contributed by atoms with Crippen molar-refractivity contribution in [2.24, 2.45) is 0 Å². The van der Waals surface area contributed by atoms with Gasteiger partial charge in [-0.1, -0.05) is 12.1 Å². The molecule has 2 aromatic rings. The summed E-state index contributed by atoms with van der Waals surface area (Å²) in [5.41, 5.74) is 2.19. The SMILES string of the molecule is COc1ccc(CC(=O)NC2CCC(Oc3nccnc3C#N)CC2)cc1C. The summed E-state index contributed by atoms with van der Waals surface area (Å²) in [7, 11) is 1.64. The van der Waals surface area contributed by atoms with E-state index in [9.17, 15) is 4.79 Å². The van der Waals surface area contributed by atoms with Gasteiger partial charge in [-0.3, -0.25) is 4.79 Å². The number of nitrogens with one attached hydrogen (secondary N) is 1. The second kappa shape index (κ2) is 9.18. The number of carbonyl (C=O) groups is 1. The Balaban J connectivity index is 1.47. The zero-order chi connectivity index (χ0) is 19.9. The second-order valence-electron chi connectivity index (χ2n) is 6.96. The lowest BCUT2D eigenvalue weighted by Gasteiger charge is -2.29. The Bertz CT molecular complexity index is 870. The molecule has 1 heterocycles. The molecule has 1 aromatic heterocycles. The smallest absolute Gasteiger partial charge is 0.251 e. The Hall–Kier alpha value is -3.14. The summed E-state index contributed by atoms with van der Waals surface area (Å²) in [4.78, 5) is 20.4. The van der Waals surface area contributed by atoms with Gasteiger partial charge >= 0.3 is 0 Å². The number of benzene rings is 1. The molecule has 1 fully saturated rings. The Morgan fingerprint density at radius 2 is 2.00 bits per heavy atom. The van der Waals surface area contributed by atoms with E-state index in [-0.39, 0.29) is 29.6 Å². The minimum absolute atomic E-state index is 0.0128. The number of nitriles is 1. The van der Waals surface area contributed by atoms with Crippen molar-refractivity contribution in [3.63, 3.8) is 0 Å². The maximum atomic E-state index is 12.4. The number of hydrogen-bond acceptors (Lipinski definition) is 6. The summed E-state index contributed by atoms with van der Waals surface area (Å²) < 4.78 is 11.1. The minimum atomic E-state index is -0.0128. The average molecular weight is 380 g/mol. The molecule has 0 saturated heterocycles. The molecule has 0 radical (unpaired) electrons. The summed E-state index contributed by atoms with van der Waals surface area (Å²) in [6, 6.07) is 7.93. The van der Waals surface area contributed by atoms with E-state index >= 15 is 0 Å². The van der Waals surface area contributed by atoms with E-state index in [2.05, 4.69) is 15.3 Å². The summed E-state index contributed by atoms with van der Waals surface area (Å²) in [5, 5.41) is 12.2. The van der Waals surface area contributed by atoms with E-state index in [0.29, 0.717) is 6.42 Å². The van der Waals surface area contributed by atoms with E-state index in [1.54, 1.807) is 7.11 Å². The maximum absolute atomic E-state index is 12.4. The van der Waals surface area contributed by atoms with Gasteiger partial charge in [0.05, 0.1) is 13.5 Å². The molecule has 0 atom stereocenters.